The lowest BCUT2D eigenvalue weighted by molar-refractivity contribution is 0.409. The monoisotopic (exact) mass is 622 g/mol. The number of aliphatic imine (C=N–C) groups is 3. The van der Waals surface area contributed by atoms with E-state index in [1.165, 1.54) is 0 Å². The summed E-state index contributed by atoms with van der Waals surface area (Å²) >= 11 is 0. The van der Waals surface area contributed by atoms with E-state index in [-0.39, 0.29) is 12.3 Å². The minimum atomic E-state index is -0.393. The van der Waals surface area contributed by atoms with Gasteiger partial charge in [-0.05, 0) is 39.9 Å². The van der Waals surface area contributed by atoms with Crippen molar-refractivity contribution >= 4 is 17.5 Å². The number of rotatable bonds is 7. The Labute approximate surface area is 280 Å². The molecule has 0 aliphatic carbocycles. The maximum Gasteiger partial charge on any atom is 0.169 e. The highest BCUT2D eigenvalue weighted by Crippen LogP contribution is 2.31. The molecule has 232 valence electrons. The first-order valence-electron chi connectivity index (χ1n) is 16.2. The van der Waals surface area contributed by atoms with E-state index in [0.29, 0.717) is 0 Å². The van der Waals surface area contributed by atoms with Crippen molar-refractivity contribution in [2.75, 3.05) is 0 Å². The van der Waals surface area contributed by atoms with Crippen molar-refractivity contribution in [1.29, 1.82) is 0 Å². The summed E-state index contributed by atoms with van der Waals surface area (Å²) in [6, 6.07) is 58.4. The first-order valence-corrected chi connectivity index (χ1v) is 16.2. The molecular formula is C42H34N6. The van der Waals surface area contributed by atoms with Crippen LogP contribution in [0.3, 0.4) is 0 Å². The number of benzene rings is 6. The fraction of sp³-hybridized carbons (Fsp3) is 0.0714. The van der Waals surface area contributed by atoms with Gasteiger partial charge in [-0.25, -0.2) is 15.0 Å². The van der Waals surface area contributed by atoms with Crippen molar-refractivity contribution in [3.8, 4) is 11.1 Å². The fourth-order valence-electron chi connectivity index (χ4n) is 6.14. The third kappa shape index (κ3) is 6.30. The molecule has 0 bridgehead atoms. The molecule has 2 unspecified atom stereocenters. The van der Waals surface area contributed by atoms with Gasteiger partial charge in [0.05, 0.1) is 0 Å². The lowest BCUT2D eigenvalue weighted by Crippen LogP contribution is -2.44. The SMILES string of the molecule is c1ccc(C2=NC(c3cccc(-c4cccc(C5N=C(c6ccccc6)NC(c6ccccc6)N5)c4)c3)N=C(c3ccccc3)N2)cc1. The smallest absolute Gasteiger partial charge is 0.169 e. The first-order chi connectivity index (χ1) is 23.8. The number of hydrogen-bond acceptors (Lipinski definition) is 6. The van der Waals surface area contributed by atoms with Crippen molar-refractivity contribution in [2.45, 2.75) is 18.5 Å². The molecule has 8 rings (SSSR count). The molecule has 3 N–H and O–H groups in total. The summed E-state index contributed by atoms with van der Waals surface area (Å²) in [5.74, 6) is 2.48. The van der Waals surface area contributed by atoms with Crippen molar-refractivity contribution in [2.24, 2.45) is 15.0 Å². The van der Waals surface area contributed by atoms with Crippen LogP contribution in [-0.2, 0) is 0 Å². The highest BCUT2D eigenvalue weighted by molar-refractivity contribution is 6.15. The summed E-state index contributed by atoms with van der Waals surface area (Å²) < 4.78 is 0. The van der Waals surface area contributed by atoms with Gasteiger partial charge >= 0.3 is 0 Å². The molecule has 6 aromatic rings. The molecule has 2 atom stereocenters. The van der Waals surface area contributed by atoms with Crippen LogP contribution in [0.15, 0.2) is 185 Å². The molecule has 0 amide bonds. The third-order valence-electron chi connectivity index (χ3n) is 8.60. The Morgan fingerprint density at radius 2 is 0.812 bits per heavy atom. The highest BCUT2D eigenvalue weighted by atomic mass is 15.3. The molecule has 0 saturated carbocycles. The zero-order valence-electron chi connectivity index (χ0n) is 26.2. The Kier molecular flexibility index (Phi) is 8.13. The molecule has 48 heavy (non-hydrogen) atoms. The Morgan fingerprint density at radius 1 is 0.375 bits per heavy atom. The molecule has 6 aromatic carbocycles. The number of nitrogens with one attached hydrogen (secondary N) is 3. The van der Waals surface area contributed by atoms with E-state index in [2.05, 4.69) is 125 Å². The zero-order valence-corrected chi connectivity index (χ0v) is 26.2. The van der Waals surface area contributed by atoms with Crippen LogP contribution in [0.1, 0.15) is 51.9 Å². The molecule has 6 nitrogen and oxygen atoms in total. The van der Waals surface area contributed by atoms with Crippen LogP contribution in [0.4, 0.5) is 0 Å². The van der Waals surface area contributed by atoms with Gasteiger partial charge in [0, 0.05) is 16.7 Å². The summed E-state index contributed by atoms with van der Waals surface area (Å²) in [5, 5.41) is 10.8. The third-order valence-corrected chi connectivity index (χ3v) is 8.60. The van der Waals surface area contributed by atoms with Crippen molar-refractivity contribution in [3.05, 3.63) is 203 Å². The second-order valence-electron chi connectivity index (χ2n) is 11.8. The van der Waals surface area contributed by atoms with E-state index in [1.807, 2.05) is 60.7 Å². The highest BCUT2D eigenvalue weighted by Gasteiger charge is 2.26. The Morgan fingerprint density at radius 3 is 1.38 bits per heavy atom. The molecule has 6 heteroatoms. The topological polar surface area (TPSA) is 73.2 Å². The predicted molar refractivity (Wildman–Crippen MR) is 195 cm³/mol. The molecule has 0 radical (unpaired) electrons. The summed E-state index contributed by atoms with van der Waals surface area (Å²) in [4.78, 5) is 15.3. The second kappa shape index (κ2) is 13.3. The average Bonchev–Trinajstić information content (AvgIpc) is 3.19. The minimum absolute atomic E-state index is 0.0934. The Hall–Kier alpha value is -6.11. The Bertz CT molecular complexity index is 2050. The average molecular weight is 623 g/mol. The van der Waals surface area contributed by atoms with Gasteiger partial charge in [0.1, 0.15) is 29.8 Å². The van der Waals surface area contributed by atoms with Gasteiger partial charge in [-0.2, -0.15) is 0 Å². The van der Waals surface area contributed by atoms with E-state index in [1.54, 1.807) is 0 Å². The van der Waals surface area contributed by atoms with Crippen LogP contribution in [0.25, 0.3) is 11.1 Å². The van der Waals surface area contributed by atoms with Gasteiger partial charge in [0.25, 0.3) is 0 Å². The second-order valence-corrected chi connectivity index (χ2v) is 11.8. The van der Waals surface area contributed by atoms with Gasteiger partial charge in [-0.15, -0.1) is 0 Å². The van der Waals surface area contributed by atoms with Crippen LogP contribution in [0.5, 0.6) is 0 Å². The maximum absolute atomic E-state index is 5.15. The largest absolute Gasteiger partial charge is 0.350 e. The molecule has 0 spiro atoms. The summed E-state index contributed by atoms with van der Waals surface area (Å²) in [7, 11) is 0. The molecule has 0 saturated heterocycles. The van der Waals surface area contributed by atoms with Crippen LogP contribution in [0, 0.1) is 0 Å². The predicted octanol–water partition coefficient (Wildman–Crippen LogP) is 8.19. The molecule has 2 heterocycles. The van der Waals surface area contributed by atoms with Gasteiger partial charge in [0.2, 0.25) is 0 Å². The van der Waals surface area contributed by atoms with Gasteiger partial charge in [0.15, 0.2) is 6.17 Å². The van der Waals surface area contributed by atoms with Crippen molar-refractivity contribution < 1.29 is 0 Å². The van der Waals surface area contributed by atoms with Gasteiger partial charge in [-0.1, -0.05) is 158 Å². The van der Waals surface area contributed by atoms with Crippen LogP contribution >= 0.6 is 0 Å². The lowest BCUT2D eigenvalue weighted by Gasteiger charge is -2.32. The summed E-state index contributed by atoms with van der Waals surface area (Å²) in [6.45, 7) is 0. The molecule has 2 aliphatic heterocycles. The van der Waals surface area contributed by atoms with Crippen molar-refractivity contribution in [3.63, 3.8) is 0 Å². The standard InChI is InChI=1S/C42H34N6/c1-5-15-29(16-6-1)37-43-38(30-17-7-2-8-18-30)46-41(45-37)35-25-13-23-33(27-35)34-24-14-26-36(28-34)42-47-39(31-19-9-3-10-20-31)44-40(48-42)32-21-11-4-12-22-32/h1-28,37,41-42,45H,(H,43,46)(H,44,47,48). The summed E-state index contributed by atoms with van der Waals surface area (Å²) in [5.41, 5.74) is 8.57. The normalized spacial score (nSPS) is 17.7. The molecule has 2 aliphatic rings. The van der Waals surface area contributed by atoms with Crippen LogP contribution in [0.2, 0.25) is 0 Å². The maximum atomic E-state index is 5.15. The van der Waals surface area contributed by atoms with Crippen LogP contribution in [-0.4, -0.2) is 17.5 Å². The fourth-order valence-corrected chi connectivity index (χ4v) is 6.14. The van der Waals surface area contributed by atoms with E-state index >= 15 is 0 Å². The number of nitrogens with zero attached hydrogens (tertiary/aromatic N) is 3. The zero-order chi connectivity index (χ0) is 32.1. The quantitative estimate of drug-likeness (QED) is 0.168. The molecule has 0 fully saturated rings. The van der Waals surface area contributed by atoms with Gasteiger partial charge in [-0.3, -0.25) is 5.32 Å². The van der Waals surface area contributed by atoms with Crippen LogP contribution < -0.4 is 16.0 Å². The van der Waals surface area contributed by atoms with E-state index in [0.717, 1.165) is 62.0 Å². The van der Waals surface area contributed by atoms with E-state index in [9.17, 15) is 0 Å². The van der Waals surface area contributed by atoms with E-state index < -0.39 is 6.17 Å². The first kappa shape index (κ1) is 29.3. The Balaban J connectivity index is 1.14. The number of hydrogen-bond donors (Lipinski definition) is 3. The van der Waals surface area contributed by atoms with Crippen molar-refractivity contribution in [1.82, 2.24) is 16.0 Å². The number of amidine groups is 3. The van der Waals surface area contributed by atoms with E-state index in [4.69, 9.17) is 15.0 Å². The molecular weight excluding hydrogens is 589 g/mol. The summed E-state index contributed by atoms with van der Waals surface area (Å²) in [6.07, 6.45) is -0.727. The molecule has 0 aromatic heterocycles. The lowest BCUT2D eigenvalue weighted by atomic mass is 9.98. The van der Waals surface area contributed by atoms with Gasteiger partial charge < -0.3 is 10.6 Å². The minimum Gasteiger partial charge on any atom is -0.350 e.